The van der Waals surface area contributed by atoms with Gasteiger partial charge in [-0.2, -0.15) is 0 Å². The highest BCUT2D eigenvalue weighted by atomic mass is 32.1. The van der Waals surface area contributed by atoms with Gasteiger partial charge in [-0.1, -0.05) is 20.3 Å². The fourth-order valence-electron chi connectivity index (χ4n) is 2.96. The van der Waals surface area contributed by atoms with Gasteiger partial charge in [-0.3, -0.25) is 14.6 Å². The topological polar surface area (TPSA) is 62.3 Å². The lowest BCUT2D eigenvalue weighted by atomic mass is 9.92. The van der Waals surface area contributed by atoms with E-state index in [2.05, 4.69) is 17.2 Å². The van der Waals surface area contributed by atoms with Gasteiger partial charge in [0, 0.05) is 11.1 Å². The molecule has 5 nitrogen and oxygen atoms in total. The lowest BCUT2D eigenvalue weighted by molar-refractivity contribution is -0.152. The molecule has 1 aliphatic heterocycles. The van der Waals surface area contributed by atoms with Gasteiger partial charge < -0.3 is 10.2 Å². The van der Waals surface area contributed by atoms with Crippen LogP contribution >= 0.6 is 11.3 Å². The number of aromatic nitrogens is 1. The lowest BCUT2D eigenvalue weighted by Crippen LogP contribution is -2.65. The molecule has 0 radical (unpaired) electrons. The Bertz CT molecular complexity index is 527. The van der Waals surface area contributed by atoms with Gasteiger partial charge in [-0.25, -0.2) is 0 Å². The maximum Gasteiger partial charge on any atom is 0.246 e. The van der Waals surface area contributed by atoms with Crippen LogP contribution in [0.1, 0.15) is 38.0 Å². The number of rotatable bonds is 5. The van der Waals surface area contributed by atoms with Crippen LogP contribution in [-0.4, -0.2) is 33.8 Å². The SMILES string of the molecule is CCC(C)C1C(=O)NC(C2CC2)C(=O)N1Cc1cncs1. The van der Waals surface area contributed by atoms with E-state index < -0.39 is 0 Å². The van der Waals surface area contributed by atoms with Crippen LogP contribution in [0.5, 0.6) is 0 Å². The van der Waals surface area contributed by atoms with Crippen molar-refractivity contribution < 1.29 is 9.59 Å². The largest absolute Gasteiger partial charge is 0.342 e. The molecule has 1 saturated heterocycles. The van der Waals surface area contributed by atoms with Crippen molar-refractivity contribution >= 4 is 23.2 Å². The molecule has 0 aromatic carbocycles. The summed E-state index contributed by atoms with van der Waals surface area (Å²) in [6.45, 7) is 4.59. The molecule has 3 rings (SSSR count). The van der Waals surface area contributed by atoms with E-state index in [1.807, 2.05) is 6.92 Å². The lowest BCUT2D eigenvalue weighted by Gasteiger charge is -2.41. The van der Waals surface area contributed by atoms with E-state index in [-0.39, 0.29) is 29.8 Å². The number of nitrogens with zero attached hydrogens (tertiary/aromatic N) is 2. The van der Waals surface area contributed by atoms with Crippen molar-refractivity contribution in [3.05, 3.63) is 16.6 Å². The molecule has 1 aliphatic carbocycles. The van der Waals surface area contributed by atoms with Crippen molar-refractivity contribution in [2.45, 2.75) is 51.7 Å². The Labute approximate surface area is 128 Å². The van der Waals surface area contributed by atoms with Crippen LogP contribution in [0.4, 0.5) is 0 Å². The van der Waals surface area contributed by atoms with Gasteiger partial charge in [0.05, 0.1) is 12.1 Å². The Morgan fingerprint density at radius 3 is 2.81 bits per heavy atom. The molecule has 1 aromatic rings. The number of nitrogens with one attached hydrogen (secondary N) is 1. The Morgan fingerprint density at radius 1 is 1.48 bits per heavy atom. The van der Waals surface area contributed by atoms with Crippen LogP contribution in [0.15, 0.2) is 11.7 Å². The number of piperazine rings is 1. The zero-order valence-electron chi connectivity index (χ0n) is 12.4. The summed E-state index contributed by atoms with van der Waals surface area (Å²) in [5.41, 5.74) is 1.76. The molecule has 3 atom stereocenters. The van der Waals surface area contributed by atoms with Crippen molar-refractivity contribution in [1.82, 2.24) is 15.2 Å². The Kier molecular flexibility index (Phi) is 3.97. The minimum atomic E-state index is -0.361. The van der Waals surface area contributed by atoms with Crippen LogP contribution in [0.2, 0.25) is 0 Å². The average molecular weight is 307 g/mol. The smallest absolute Gasteiger partial charge is 0.246 e. The van der Waals surface area contributed by atoms with Gasteiger partial charge in [0.15, 0.2) is 0 Å². The second kappa shape index (κ2) is 5.75. The maximum absolute atomic E-state index is 12.8. The van der Waals surface area contributed by atoms with Crippen LogP contribution in [0.25, 0.3) is 0 Å². The van der Waals surface area contributed by atoms with E-state index in [1.54, 1.807) is 16.6 Å². The molecule has 1 N–H and O–H groups in total. The standard InChI is InChI=1S/C15H21N3O2S/c1-3-9(2)13-14(19)17-12(10-4-5-10)15(20)18(13)7-11-6-16-8-21-11/h6,8-10,12-13H,3-5,7H2,1-2H3,(H,17,19). The van der Waals surface area contributed by atoms with Gasteiger partial charge in [0.25, 0.3) is 0 Å². The summed E-state index contributed by atoms with van der Waals surface area (Å²) in [4.78, 5) is 32.2. The predicted molar refractivity (Wildman–Crippen MR) is 80.6 cm³/mol. The number of hydrogen-bond donors (Lipinski definition) is 1. The van der Waals surface area contributed by atoms with Crippen LogP contribution in [-0.2, 0) is 16.1 Å². The van der Waals surface area contributed by atoms with E-state index in [1.165, 1.54) is 11.3 Å². The van der Waals surface area contributed by atoms with E-state index in [9.17, 15) is 9.59 Å². The number of carbonyl (C=O) groups excluding carboxylic acids is 2. The first-order valence-corrected chi connectivity index (χ1v) is 8.48. The molecule has 1 aromatic heterocycles. The summed E-state index contributed by atoms with van der Waals surface area (Å²) in [5.74, 6) is 0.575. The Balaban J connectivity index is 1.86. The minimum Gasteiger partial charge on any atom is -0.342 e. The first-order chi connectivity index (χ1) is 10.1. The predicted octanol–water partition coefficient (Wildman–Crippen LogP) is 1.79. The third-order valence-electron chi connectivity index (χ3n) is 4.54. The summed E-state index contributed by atoms with van der Waals surface area (Å²) in [6, 6.07) is -0.676. The summed E-state index contributed by atoms with van der Waals surface area (Å²) in [7, 11) is 0. The average Bonchev–Trinajstić information content (AvgIpc) is 3.19. The zero-order valence-corrected chi connectivity index (χ0v) is 13.2. The second-order valence-electron chi connectivity index (χ2n) is 6.09. The zero-order chi connectivity index (χ0) is 15.0. The second-order valence-corrected chi connectivity index (χ2v) is 7.06. The normalized spacial score (nSPS) is 27.6. The quantitative estimate of drug-likeness (QED) is 0.902. The van der Waals surface area contributed by atoms with Crippen LogP contribution < -0.4 is 5.32 Å². The first-order valence-electron chi connectivity index (χ1n) is 7.60. The molecule has 2 amide bonds. The summed E-state index contributed by atoms with van der Waals surface area (Å²) >= 11 is 1.53. The van der Waals surface area contributed by atoms with Crippen molar-refractivity contribution in [2.75, 3.05) is 0 Å². The highest BCUT2D eigenvalue weighted by Crippen LogP contribution is 2.36. The summed E-state index contributed by atoms with van der Waals surface area (Å²) in [5, 5.41) is 2.96. The minimum absolute atomic E-state index is 0.00497. The van der Waals surface area contributed by atoms with Gasteiger partial charge in [0.2, 0.25) is 11.8 Å². The van der Waals surface area contributed by atoms with E-state index in [0.29, 0.717) is 12.5 Å². The van der Waals surface area contributed by atoms with Gasteiger partial charge in [-0.05, 0) is 24.7 Å². The van der Waals surface area contributed by atoms with Crippen LogP contribution in [0, 0.1) is 11.8 Å². The monoisotopic (exact) mass is 307 g/mol. The highest BCUT2D eigenvalue weighted by molar-refractivity contribution is 7.09. The van der Waals surface area contributed by atoms with Crippen molar-refractivity contribution in [2.24, 2.45) is 11.8 Å². The van der Waals surface area contributed by atoms with Crippen molar-refractivity contribution in [3.8, 4) is 0 Å². The third kappa shape index (κ3) is 2.81. The molecule has 2 aliphatic rings. The summed E-state index contributed by atoms with van der Waals surface area (Å²) in [6.07, 6.45) is 4.74. The molecule has 114 valence electrons. The fraction of sp³-hybridized carbons (Fsp3) is 0.667. The van der Waals surface area contributed by atoms with Crippen molar-refractivity contribution in [3.63, 3.8) is 0 Å². The number of hydrogen-bond acceptors (Lipinski definition) is 4. The highest BCUT2D eigenvalue weighted by Gasteiger charge is 2.48. The van der Waals surface area contributed by atoms with Gasteiger partial charge in [0.1, 0.15) is 12.1 Å². The Morgan fingerprint density at radius 2 is 2.24 bits per heavy atom. The van der Waals surface area contributed by atoms with E-state index >= 15 is 0 Å². The number of carbonyl (C=O) groups is 2. The van der Waals surface area contributed by atoms with Crippen molar-refractivity contribution in [1.29, 1.82) is 0 Å². The molecule has 3 unspecified atom stereocenters. The van der Waals surface area contributed by atoms with E-state index in [4.69, 9.17) is 0 Å². The third-order valence-corrected chi connectivity index (χ3v) is 5.30. The molecular formula is C15H21N3O2S. The molecule has 0 spiro atoms. The fourth-order valence-corrected chi connectivity index (χ4v) is 3.55. The maximum atomic E-state index is 12.8. The molecule has 2 heterocycles. The molecule has 0 bridgehead atoms. The Hall–Kier alpha value is -1.43. The number of amides is 2. The first kappa shape index (κ1) is 14.5. The van der Waals surface area contributed by atoms with Crippen LogP contribution in [0.3, 0.4) is 0 Å². The molecular weight excluding hydrogens is 286 g/mol. The number of thiazole rings is 1. The molecule has 1 saturated carbocycles. The van der Waals surface area contributed by atoms with E-state index in [0.717, 1.165) is 24.1 Å². The molecule has 2 fully saturated rings. The molecule has 21 heavy (non-hydrogen) atoms. The summed E-state index contributed by atoms with van der Waals surface area (Å²) < 4.78 is 0. The molecule has 6 heteroatoms. The van der Waals surface area contributed by atoms with Gasteiger partial charge in [-0.15, -0.1) is 11.3 Å². The van der Waals surface area contributed by atoms with Gasteiger partial charge >= 0.3 is 0 Å².